The molecule has 3 rings (SSSR count). The normalized spacial score (nSPS) is 27.0. The summed E-state index contributed by atoms with van der Waals surface area (Å²) in [6, 6.07) is 0.622. The van der Waals surface area contributed by atoms with Crippen molar-refractivity contribution in [3.63, 3.8) is 0 Å². The third kappa shape index (κ3) is 4.03. The average molecular weight is 309 g/mol. The number of nitrogens with zero attached hydrogens (tertiary/aromatic N) is 2. The molecule has 0 aromatic carbocycles. The molecule has 1 saturated carbocycles. The Balaban J connectivity index is 1.56. The van der Waals surface area contributed by atoms with E-state index in [9.17, 15) is 0 Å². The van der Waals surface area contributed by atoms with E-state index in [1.807, 2.05) is 0 Å². The lowest BCUT2D eigenvalue weighted by Crippen LogP contribution is -2.47. The maximum atomic E-state index is 5.88. The summed E-state index contributed by atoms with van der Waals surface area (Å²) in [6.07, 6.45) is 4.30. The quantitative estimate of drug-likeness (QED) is 0.928. The predicted molar refractivity (Wildman–Crippen MR) is 86.5 cm³/mol. The average Bonchev–Trinajstić information content (AvgIpc) is 3.04. The summed E-state index contributed by atoms with van der Waals surface area (Å²) < 4.78 is 5.88. The predicted octanol–water partition coefficient (Wildman–Crippen LogP) is 2.78. The molecular weight excluding hydrogens is 282 g/mol. The Morgan fingerprint density at radius 2 is 2.29 bits per heavy atom. The first kappa shape index (κ1) is 15.4. The van der Waals surface area contributed by atoms with Gasteiger partial charge in [0.1, 0.15) is 5.01 Å². The van der Waals surface area contributed by atoms with Gasteiger partial charge in [-0.2, -0.15) is 0 Å². The van der Waals surface area contributed by atoms with E-state index < -0.39 is 0 Å². The second-order valence-electron chi connectivity index (χ2n) is 7.21. The highest BCUT2D eigenvalue weighted by molar-refractivity contribution is 7.09. The van der Waals surface area contributed by atoms with E-state index in [1.54, 1.807) is 11.3 Å². The number of nitrogens with one attached hydrogen (secondary N) is 1. The Bertz CT molecular complexity index is 468. The van der Waals surface area contributed by atoms with Crippen molar-refractivity contribution in [1.82, 2.24) is 15.2 Å². The summed E-state index contributed by atoms with van der Waals surface area (Å²) >= 11 is 1.77. The molecule has 21 heavy (non-hydrogen) atoms. The van der Waals surface area contributed by atoms with Crippen LogP contribution in [0, 0.1) is 0 Å². The first-order valence-electron chi connectivity index (χ1n) is 8.05. The van der Waals surface area contributed by atoms with Crippen molar-refractivity contribution in [3.05, 3.63) is 16.1 Å². The highest BCUT2D eigenvalue weighted by atomic mass is 32.1. The molecule has 2 fully saturated rings. The van der Waals surface area contributed by atoms with E-state index in [1.165, 1.54) is 30.0 Å². The van der Waals surface area contributed by atoms with Gasteiger partial charge in [-0.15, -0.1) is 11.3 Å². The van der Waals surface area contributed by atoms with Gasteiger partial charge in [0.2, 0.25) is 0 Å². The number of ether oxygens (including phenoxy) is 1. The molecule has 118 valence electrons. The summed E-state index contributed by atoms with van der Waals surface area (Å²) in [6.45, 7) is 10.3. The smallest absolute Gasteiger partial charge is 0.107 e. The minimum absolute atomic E-state index is 0.146. The highest BCUT2D eigenvalue weighted by Gasteiger charge is 2.36. The van der Waals surface area contributed by atoms with Gasteiger partial charge >= 0.3 is 0 Å². The molecule has 0 bridgehead atoms. The van der Waals surface area contributed by atoms with Crippen LogP contribution in [0.25, 0.3) is 0 Å². The molecule has 1 aromatic rings. The fourth-order valence-corrected chi connectivity index (χ4v) is 3.98. The lowest BCUT2D eigenvalue weighted by Gasteiger charge is -2.37. The molecule has 1 aromatic heterocycles. The van der Waals surface area contributed by atoms with Crippen molar-refractivity contribution in [2.75, 3.05) is 13.2 Å². The first-order valence-corrected chi connectivity index (χ1v) is 8.93. The van der Waals surface area contributed by atoms with E-state index in [4.69, 9.17) is 9.72 Å². The van der Waals surface area contributed by atoms with Crippen LogP contribution in [-0.4, -0.2) is 40.7 Å². The zero-order valence-electron chi connectivity index (χ0n) is 13.4. The Hall–Kier alpha value is -0.490. The molecule has 0 amide bonds. The molecule has 2 atom stereocenters. The van der Waals surface area contributed by atoms with Gasteiger partial charge in [0.05, 0.1) is 18.4 Å². The molecule has 5 heteroatoms. The second-order valence-corrected chi connectivity index (χ2v) is 8.16. The van der Waals surface area contributed by atoms with Crippen LogP contribution in [-0.2, 0) is 17.8 Å². The van der Waals surface area contributed by atoms with Gasteiger partial charge in [0.15, 0.2) is 0 Å². The number of aromatic nitrogens is 1. The van der Waals surface area contributed by atoms with Gasteiger partial charge in [-0.05, 0) is 40.0 Å². The van der Waals surface area contributed by atoms with Crippen LogP contribution in [0.1, 0.15) is 50.7 Å². The van der Waals surface area contributed by atoms with Gasteiger partial charge in [0.25, 0.3) is 0 Å². The summed E-state index contributed by atoms with van der Waals surface area (Å²) in [5.74, 6) is 0. The van der Waals surface area contributed by atoms with Crippen molar-refractivity contribution in [2.45, 2.75) is 70.8 Å². The first-order chi connectivity index (χ1) is 10.0. The van der Waals surface area contributed by atoms with Crippen molar-refractivity contribution in [2.24, 2.45) is 0 Å². The van der Waals surface area contributed by atoms with Crippen molar-refractivity contribution < 1.29 is 4.74 Å². The Morgan fingerprint density at radius 1 is 1.43 bits per heavy atom. The molecule has 1 saturated heterocycles. The van der Waals surface area contributed by atoms with Crippen molar-refractivity contribution >= 4 is 11.3 Å². The van der Waals surface area contributed by atoms with Gasteiger partial charge < -0.3 is 10.1 Å². The van der Waals surface area contributed by atoms with Gasteiger partial charge in [-0.3, -0.25) is 4.90 Å². The molecule has 2 unspecified atom stereocenters. The van der Waals surface area contributed by atoms with Crippen LogP contribution < -0.4 is 5.32 Å². The lowest BCUT2D eigenvalue weighted by atomic mass is 10.1. The number of fused-ring (bicyclic) bond motifs is 1. The highest BCUT2D eigenvalue weighted by Crippen LogP contribution is 2.30. The Morgan fingerprint density at radius 3 is 3.10 bits per heavy atom. The van der Waals surface area contributed by atoms with Crippen LogP contribution in [0.3, 0.4) is 0 Å². The molecule has 1 aliphatic carbocycles. The molecule has 2 aliphatic rings. The summed E-state index contributed by atoms with van der Waals surface area (Å²) in [5.41, 5.74) is 1.37. The largest absolute Gasteiger partial charge is 0.375 e. The van der Waals surface area contributed by atoms with E-state index in [0.29, 0.717) is 12.1 Å². The minimum Gasteiger partial charge on any atom is -0.375 e. The van der Waals surface area contributed by atoms with E-state index >= 15 is 0 Å². The van der Waals surface area contributed by atoms with Gasteiger partial charge in [0, 0.05) is 36.6 Å². The van der Waals surface area contributed by atoms with Crippen LogP contribution in [0.15, 0.2) is 5.38 Å². The fourth-order valence-electron chi connectivity index (χ4n) is 3.25. The lowest BCUT2D eigenvalue weighted by molar-refractivity contribution is -0.0591. The molecule has 2 heterocycles. The van der Waals surface area contributed by atoms with Crippen LogP contribution in [0.2, 0.25) is 0 Å². The van der Waals surface area contributed by atoms with Crippen LogP contribution >= 0.6 is 11.3 Å². The molecule has 0 spiro atoms. The van der Waals surface area contributed by atoms with Crippen molar-refractivity contribution in [3.8, 4) is 0 Å². The van der Waals surface area contributed by atoms with E-state index in [-0.39, 0.29) is 5.54 Å². The number of rotatable bonds is 4. The minimum atomic E-state index is 0.146. The third-order valence-electron chi connectivity index (χ3n) is 4.33. The van der Waals surface area contributed by atoms with Crippen LogP contribution in [0.4, 0.5) is 0 Å². The third-order valence-corrected chi connectivity index (χ3v) is 5.23. The molecule has 1 N–H and O–H groups in total. The standard InChI is InChI=1S/C16H27N3OS/c1-16(2,3)17-9-15-18-12(11-21-15)10-19-7-8-20-14-6-4-5-13(14)19/h11,13-14,17H,4-10H2,1-3H3. The molecular formula is C16H27N3OS. The second kappa shape index (κ2) is 6.32. The zero-order valence-corrected chi connectivity index (χ0v) is 14.2. The zero-order chi connectivity index (χ0) is 14.9. The topological polar surface area (TPSA) is 37.4 Å². The van der Waals surface area contributed by atoms with Gasteiger partial charge in [-0.25, -0.2) is 4.98 Å². The Labute approximate surface area is 131 Å². The molecule has 0 radical (unpaired) electrons. The number of hydrogen-bond acceptors (Lipinski definition) is 5. The number of morpholine rings is 1. The van der Waals surface area contributed by atoms with Gasteiger partial charge in [-0.1, -0.05) is 0 Å². The fraction of sp³-hybridized carbons (Fsp3) is 0.812. The number of thiazole rings is 1. The van der Waals surface area contributed by atoms with E-state index in [0.717, 1.165) is 26.2 Å². The summed E-state index contributed by atoms with van der Waals surface area (Å²) in [7, 11) is 0. The summed E-state index contributed by atoms with van der Waals surface area (Å²) in [5, 5.41) is 6.92. The van der Waals surface area contributed by atoms with E-state index in [2.05, 4.69) is 36.4 Å². The van der Waals surface area contributed by atoms with Crippen molar-refractivity contribution in [1.29, 1.82) is 0 Å². The molecule has 4 nitrogen and oxygen atoms in total. The maximum Gasteiger partial charge on any atom is 0.107 e. The number of hydrogen-bond donors (Lipinski definition) is 1. The maximum absolute atomic E-state index is 5.88. The molecule has 1 aliphatic heterocycles. The summed E-state index contributed by atoms with van der Waals surface area (Å²) in [4.78, 5) is 7.38. The van der Waals surface area contributed by atoms with Crippen LogP contribution in [0.5, 0.6) is 0 Å². The monoisotopic (exact) mass is 309 g/mol. The Kier molecular flexibility index (Phi) is 4.64. The SMILES string of the molecule is CC(C)(C)NCc1nc(CN2CCOC3CCCC32)cs1.